The fourth-order valence-electron chi connectivity index (χ4n) is 2.88. The molecule has 2 N–H and O–H groups in total. The van der Waals surface area contributed by atoms with Crippen molar-refractivity contribution < 1.29 is 9.90 Å². The minimum Gasteiger partial charge on any atom is -0.393 e. The molecule has 0 saturated heterocycles. The average molecular weight is 304 g/mol. The Labute approximate surface area is 133 Å². The molecular formula is C18H28N2O2. The van der Waals surface area contributed by atoms with Crippen molar-refractivity contribution in [1.82, 2.24) is 5.32 Å². The van der Waals surface area contributed by atoms with Gasteiger partial charge in [-0.1, -0.05) is 13.3 Å². The van der Waals surface area contributed by atoms with Crippen LogP contribution in [0.1, 0.15) is 55.8 Å². The van der Waals surface area contributed by atoms with Crippen LogP contribution in [0.4, 0.5) is 5.69 Å². The van der Waals surface area contributed by atoms with Gasteiger partial charge in [-0.15, -0.1) is 0 Å². The minimum atomic E-state index is -0.189. The summed E-state index contributed by atoms with van der Waals surface area (Å²) in [5, 5.41) is 12.6. The molecule has 1 aliphatic carbocycles. The molecule has 0 atom stereocenters. The van der Waals surface area contributed by atoms with E-state index in [1.54, 1.807) is 0 Å². The molecule has 0 aliphatic heterocycles. The third kappa shape index (κ3) is 4.73. The highest BCUT2D eigenvalue weighted by atomic mass is 16.3. The Balaban J connectivity index is 1.88. The second kappa shape index (κ2) is 8.18. The lowest BCUT2D eigenvalue weighted by Crippen LogP contribution is -2.38. The van der Waals surface area contributed by atoms with Gasteiger partial charge in [-0.2, -0.15) is 0 Å². The standard InChI is InChI=1S/C18H28N2O2/c1-3-4-13-20(2)16-9-5-14(6-10-16)18(22)19-15-7-11-17(21)12-8-15/h5-6,9-10,15,17,21H,3-4,7-8,11-13H2,1-2H3,(H,19,22). The van der Waals surface area contributed by atoms with Crippen molar-refractivity contribution in [2.24, 2.45) is 0 Å². The highest BCUT2D eigenvalue weighted by molar-refractivity contribution is 5.94. The molecule has 1 amide bonds. The number of anilines is 1. The lowest BCUT2D eigenvalue weighted by molar-refractivity contribution is 0.0867. The van der Waals surface area contributed by atoms with Crippen LogP contribution in [0, 0.1) is 0 Å². The van der Waals surface area contributed by atoms with E-state index in [4.69, 9.17) is 0 Å². The van der Waals surface area contributed by atoms with Gasteiger partial charge in [0.2, 0.25) is 0 Å². The summed E-state index contributed by atoms with van der Waals surface area (Å²) in [5.74, 6) is -0.0100. The molecule has 4 nitrogen and oxygen atoms in total. The Bertz CT molecular complexity index is 464. The van der Waals surface area contributed by atoms with E-state index in [2.05, 4.69) is 24.2 Å². The third-order valence-corrected chi connectivity index (χ3v) is 4.45. The summed E-state index contributed by atoms with van der Waals surface area (Å²) in [7, 11) is 2.08. The van der Waals surface area contributed by atoms with E-state index in [9.17, 15) is 9.90 Å². The number of benzene rings is 1. The van der Waals surface area contributed by atoms with Gasteiger partial charge in [-0.05, 0) is 56.4 Å². The molecule has 122 valence electrons. The maximum absolute atomic E-state index is 12.3. The fraction of sp³-hybridized carbons (Fsp3) is 0.611. The van der Waals surface area contributed by atoms with E-state index in [1.165, 1.54) is 12.8 Å². The summed E-state index contributed by atoms with van der Waals surface area (Å²) < 4.78 is 0. The second-order valence-corrected chi connectivity index (χ2v) is 6.30. The first-order valence-corrected chi connectivity index (χ1v) is 8.40. The predicted octanol–water partition coefficient (Wildman–Crippen LogP) is 2.96. The van der Waals surface area contributed by atoms with E-state index >= 15 is 0 Å². The molecule has 0 unspecified atom stereocenters. The quantitative estimate of drug-likeness (QED) is 0.849. The Morgan fingerprint density at radius 1 is 1.23 bits per heavy atom. The number of unbranched alkanes of at least 4 members (excludes halogenated alkanes) is 1. The number of nitrogens with one attached hydrogen (secondary N) is 1. The summed E-state index contributed by atoms with van der Waals surface area (Å²) in [4.78, 5) is 14.5. The van der Waals surface area contributed by atoms with Crippen LogP contribution in [0.3, 0.4) is 0 Å². The van der Waals surface area contributed by atoms with E-state index < -0.39 is 0 Å². The molecule has 1 aromatic rings. The molecular weight excluding hydrogens is 276 g/mol. The van der Waals surface area contributed by atoms with Gasteiger partial charge in [0.15, 0.2) is 0 Å². The lowest BCUT2D eigenvalue weighted by Gasteiger charge is -2.26. The number of carbonyl (C=O) groups is 1. The number of aliphatic hydroxyl groups excluding tert-OH is 1. The molecule has 0 heterocycles. The van der Waals surface area contributed by atoms with Crippen molar-refractivity contribution in [2.45, 2.75) is 57.6 Å². The summed E-state index contributed by atoms with van der Waals surface area (Å²) in [6.07, 6.45) is 5.46. The summed E-state index contributed by atoms with van der Waals surface area (Å²) >= 11 is 0. The zero-order chi connectivity index (χ0) is 15.9. The number of amides is 1. The van der Waals surface area contributed by atoms with E-state index in [0.717, 1.165) is 37.9 Å². The van der Waals surface area contributed by atoms with Gasteiger partial charge in [-0.3, -0.25) is 4.79 Å². The van der Waals surface area contributed by atoms with Crippen LogP contribution in [0.15, 0.2) is 24.3 Å². The molecule has 2 rings (SSSR count). The molecule has 4 heteroatoms. The smallest absolute Gasteiger partial charge is 0.251 e. The molecule has 1 aromatic carbocycles. The van der Waals surface area contributed by atoms with Gasteiger partial charge >= 0.3 is 0 Å². The van der Waals surface area contributed by atoms with E-state index in [0.29, 0.717) is 5.56 Å². The van der Waals surface area contributed by atoms with Crippen molar-refractivity contribution in [3.63, 3.8) is 0 Å². The van der Waals surface area contributed by atoms with Gasteiger partial charge in [0, 0.05) is 30.9 Å². The van der Waals surface area contributed by atoms with Crippen molar-refractivity contribution >= 4 is 11.6 Å². The molecule has 0 spiro atoms. The lowest BCUT2D eigenvalue weighted by atomic mass is 9.93. The van der Waals surface area contributed by atoms with Gasteiger partial charge < -0.3 is 15.3 Å². The highest BCUT2D eigenvalue weighted by Crippen LogP contribution is 2.19. The zero-order valence-corrected chi connectivity index (χ0v) is 13.7. The Hall–Kier alpha value is -1.55. The molecule has 1 fully saturated rings. The fourth-order valence-corrected chi connectivity index (χ4v) is 2.88. The van der Waals surface area contributed by atoms with Gasteiger partial charge in [0.05, 0.1) is 6.10 Å². The third-order valence-electron chi connectivity index (χ3n) is 4.45. The topological polar surface area (TPSA) is 52.6 Å². The molecule has 0 bridgehead atoms. The molecule has 0 radical (unpaired) electrons. The van der Waals surface area contributed by atoms with Crippen LogP contribution < -0.4 is 10.2 Å². The largest absolute Gasteiger partial charge is 0.393 e. The second-order valence-electron chi connectivity index (χ2n) is 6.30. The first kappa shape index (κ1) is 16.8. The number of nitrogens with zero attached hydrogens (tertiary/aromatic N) is 1. The molecule has 1 saturated carbocycles. The first-order valence-electron chi connectivity index (χ1n) is 8.40. The van der Waals surface area contributed by atoms with Gasteiger partial charge in [0.1, 0.15) is 0 Å². The molecule has 0 aromatic heterocycles. The van der Waals surface area contributed by atoms with Crippen LogP contribution in [-0.2, 0) is 0 Å². The predicted molar refractivity (Wildman–Crippen MR) is 90.3 cm³/mol. The molecule has 1 aliphatic rings. The number of hydrogen-bond donors (Lipinski definition) is 2. The Morgan fingerprint density at radius 3 is 2.45 bits per heavy atom. The average Bonchev–Trinajstić information content (AvgIpc) is 2.55. The summed E-state index contributed by atoms with van der Waals surface area (Å²) in [6.45, 7) is 3.22. The molecule has 22 heavy (non-hydrogen) atoms. The van der Waals surface area contributed by atoms with Crippen molar-refractivity contribution in [1.29, 1.82) is 0 Å². The maximum atomic E-state index is 12.3. The number of carbonyl (C=O) groups excluding carboxylic acids is 1. The summed E-state index contributed by atoms with van der Waals surface area (Å²) in [6, 6.07) is 8.00. The van der Waals surface area contributed by atoms with Crippen LogP contribution in [-0.4, -0.2) is 36.8 Å². The van der Waals surface area contributed by atoms with Crippen molar-refractivity contribution in [3.8, 4) is 0 Å². The van der Waals surface area contributed by atoms with Crippen LogP contribution in [0.25, 0.3) is 0 Å². The van der Waals surface area contributed by atoms with Crippen molar-refractivity contribution in [3.05, 3.63) is 29.8 Å². The number of hydrogen-bond acceptors (Lipinski definition) is 3. The first-order chi connectivity index (χ1) is 10.6. The summed E-state index contributed by atoms with van der Waals surface area (Å²) in [5.41, 5.74) is 1.85. The Morgan fingerprint density at radius 2 is 1.86 bits per heavy atom. The van der Waals surface area contributed by atoms with Gasteiger partial charge in [0.25, 0.3) is 5.91 Å². The monoisotopic (exact) mass is 304 g/mol. The van der Waals surface area contributed by atoms with E-state index in [-0.39, 0.29) is 18.1 Å². The Kier molecular flexibility index (Phi) is 6.25. The SMILES string of the molecule is CCCCN(C)c1ccc(C(=O)NC2CCC(O)CC2)cc1. The normalized spacial score (nSPS) is 21.4. The highest BCUT2D eigenvalue weighted by Gasteiger charge is 2.21. The van der Waals surface area contributed by atoms with E-state index in [1.807, 2.05) is 24.3 Å². The van der Waals surface area contributed by atoms with Crippen LogP contribution in [0.5, 0.6) is 0 Å². The van der Waals surface area contributed by atoms with Gasteiger partial charge in [-0.25, -0.2) is 0 Å². The minimum absolute atomic E-state index is 0.0100. The number of aliphatic hydroxyl groups is 1. The van der Waals surface area contributed by atoms with Crippen molar-refractivity contribution in [2.75, 3.05) is 18.5 Å². The zero-order valence-electron chi connectivity index (χ0n) is 13.7. The van der Waals surface area contributed by atoms with Crippen LogP contribution in [0.2, 0.25) is 0 Å². The van der Waals surface area contributed by atoms with Crippen LogP contribution >= 0.6 is 0 Å². The number of rotatable bonds is 6. The maximum Gasteiger partial charge on any atom is 0.251 e.